The molecule has 2 aromatic heterocycles. The molecular formula is C25H22N4O2. The molecule has 1 aliphatic heterocycles. The molecule has 4 aromatic rings. The highest BCUT2D eigenvalue weighted by Gasteiger charge is 2.31. The lowest BCUT2D eigenvalue weighted by Gasteiger charge is -2.13. The maximum absolute atomic E-state index is 13.5. The van der Waals surface area contributed by atoms with Gasteiger partial charge < -0.3 is 10.1 Å². The summed E-state index contributed by atoms with van der Waals surface area (Å²) < 4.78 is 7.73. The molecule has 0 saturated carbocycles. The Labute approximate surface area is 180 Å². The monoisotopic (exact) mass is 410 g/mol. The Bertz CT molecular complexity index is 1280. The second-order valence-electron chi connectivity index (χ2n) is 7.54. The standard InChI is InChI=1S/C25H22N4O2/c1-17-9-5-6-12-19(17)24-26-20(16-31-15-18-10-3-2-4-11-18)23(30)22-25(28-24)27-21-13-7-8-14-29(21)22/h2-14,20H,15-16H2,1H3,(H,26,28)/t20-/m0/s1. The molecule has 1 N–H and O–H groups in total. The minimum absolute atomic E-state index is 0.113. The van der Waals surface area contributed by atoms with E-state index in [-0.39, 0.29) is 12.4 Å². The van der Waals surface area contributed by atoms with Crippen molar-refractivity contribution in [3.05, 3.63) is 101 Å². The van der Waals surface area contributed by atoms with Crippen LogP contribution in [0.15, 0.2) is 84.0 Å². The summed E-state index contributed by atoms with van der Waals surface area (Å²) in [6.07, 6.45) is 1.85. The fourth-order valence-electron chi connectivity index (χ4n) is 3.79. The number of aryl methyl sites for hydroxylation is 1. The van der Waals surface area contributed by atoms with E-state index in [0.717, 1.165) is 16.7 Å². The van der Waals surface area contributed by atoms with E-state index >= 15 is 0 Å². The first kappa shape index (κ1) is 19.2. The van der Waals surface area contributed by atoms with E-state index in [1.165, 1.54) is 0 Å². The molecule has 1 atom stereocenters. The van der Waals surface area contributed by atoms with Crippen molar-refractivity contribution in [2.45, 2.75) is 19.6 Å². The maximum atomic E-state index is 13.5. The van der Waals surface area contributed by atoms with E-state index in [1.54, 1.807) is 0 Å². The van der Waals surface area contributed by atoms with Crippen LogP contribution in [0.3, 0.4) is 0 Å². The van der Waals surface area contributed by atoms with Crippen molar-refractivity contribution in [2.75, 3.05) is 11.9 Å². The SMILES string of the molecule is Cc1ccccc1C1=N[C@@H](COCc2ccccc2)C(=O)c2c(nc3ccccn23)N1. The summed E-state index contributed by atoms with van der Waals surface area (Å²) in [6, 6.07) is 22.9. The number of nitrogens with one attached hydrogen (secondary N) is 1. The molecule has 0 bridgehead atoms. The van der Waals surface area contributed by atoms with Gasteiger partial charge in [-0.3, -0.25) is 14.2 Å². The molecule has 0 amide bonds. The van der Waals surface area contributed by atoms with Crippen LogP contribution in [-0.2, 0) is 11.3 Å². The van der Waals surface area contributed by atoms with Crippen LogP contribution < -0.4 is 5.32 Å². The molecule has 0 fully saturated rings. The van der Waals surface area contributed by atoms with E-state index < -0.39 is 6.04 Å². The van der Waals surface area contributed by atoms with Gasteiger partial charge in [-0.05, 0) is 30.2 Å². The van der Waals surface area contributed by atoms with Gasteiger partial charge in [-0.1, -0.05) is 60.7 Å². The van der Waals surface area contributed by atoms with Gasteiger partial charge in [0.1, 0.15) is 23.2 Å². The van der Waals surface area contributed by atoms with Crippen LogP contribution in [0.5, 0.6) is 0 Å². The predicted molar refractivity (Wildman–Crippen MR) is 121 cm³/mol. The first-order valence-electron chi connectivity index (χ1n) is 10.2. The average molecular weight is 410 g/mol. The number of carbonyl (C=O) groups excluding carboxylic acids is 1. The van der Waals surface area contributed by atoms with E-state index in [2.05, 4.69) is 10.3 Å². The number of amidine groups is 1. The minimum atomic E-state index is -0.674. The largest absolute Gasteiger partial charge is 0.374 e. The number of Topliss-reactive ketones (excluding diaryl/α,β-unsaturated/α-hetero) is 1. The first-order valence-corrected chi connectivity index (χ1v) is 10.2. The summed E-state index contributed by atoms with van der Waals surface area (Å²) in [7, 11) is 0. The Kier molecular flexibility index (Phi) is 5.06. The molecule has 31 heavy (non-hydrogen) atoms. The molecule has 3 heterocycles. The van der Waals surface area contributed by atoms with Gasteiger partial charge in [0.2, 0.25) is 5.78 Å². The molecule has 0 saturated heterocycles. The number of benzene rings is 2. The molecule has 1 aliphatic rings. The van der Waals surface area contributed by atoms with Crippen molar-refractivity contribution < 1.29 is 9.53 Å². The molecule has 2 aromatic carbocycles. The van der Waals surface area contributed by atoms with E-state index in [9.17, 15) is 4.79 Å². The third kappa shape index (κ3) is 3.73. The lowest BCUT2D eigenvalue weighted by Crippen LogP contribution is -2.26. The number of ether oxygens (including phenoxy) is 1. The quantitative estimate of drug-likeness (QED) is 0.533. The topological polar surface area (TPSA) is 68.0 Å². The zero-order chi connectivity index (χ0) is 21.2. The van der Waals surface area contributed by atoms with Crippen LogP contribution in [0.2, 0.25) is 0 Å². The van der Waals surface area contributed by atoms with Gasteiger partial charge in [0.05, 0.1) is 13.2 Å². The molecule has 0 unspecified atom stereocenters. The van der Waals surface area contributed by atoms with Gasteiger partial charge in [0, 0.05) is 11.8 Å². The smallest absolute Gasteiger partial charge is 0.210 e. The molecule has 154 valence electrons. The molecule has 6 nitrogen and oxygen atoms in total. The number of aliphatic imine (C=N–C) groups is 1. The first-order chi connectivity index (χ1) is 15.2. The summed E-state index contributed by atoms with van der Waals surface area (Å²) in [6.45, 7) is 2.63. The molecule has 6 heteroatoms. The van der Waals surface area contributed by atoms with E-state index in [4.69, 9.17) is 9.73 Å². The lowest BCUT2D eigenvalue weighted by molar-refractivity contribution is 0.0785. The molecule has 0 spiro atoms. The van der Waals surface area contributed by atoms with Crippen LogP contribution in [0, 0.1) is 6.92 Å². The minimum Gasteiger partial charge on any atom is -0.374 e. The van der Waals surface area contributed by atoms with Gasteiger partial charge >= 0.3 is 0 Å². The highest BCUT2D eigenvalue weighted by Crippen LogP contribution is 2.25. The molecule has 0 radical (unpaired) electrons. The summed E-state index contributed by atoms with van der Waals surface area (Å²) >= 11 is 0. The van der Waals surface area contributed by atoms with Gasteiger partial charge in [0.25, 0.3) is 0 Å². The van der Waals surface area contributed by atoms with Crippen LogP contribution in [-0.4, -0.2) is 33.7 Å². The van der Waals surface area contributed by atoms with Crippen molar-refractivity contribution in [3.63, 3.8) is 0 Å². The van der Waals surface area contributed by atoms with Gasteiger partial charge in [-0.2, -0.15) is 0 Å². The zero-order valence-corrected chi connectivity index (χ0v) is 17.2. The summed E-state index contributed by atoms with van der Waals surface area (Å²) in [5.41, 5.74) is 4.27. The fraction of sp³-hybridized carbons (Fsp3) is 0.160. The second kappa shape index (κ2) is 8.16. The molecule has 0 aliphatic carbocycles. The summed E-state index contributed by atoms with van der Waals surface area (Å²) in [5, 5.41) is 3.32. The number of hydrogen-bond donors (Lipinski definition) is 1. The Hall–Kier alpha value is -3.77. The van der Waals surface area contributed by atoms with Crippen LogP contribution in [0.4, 0.5) is 5.82 Å². The van der Waals surface area contributed by atoms with E-state index in [0.29, 0.717) is 29.6 Å². The second-order valence-corrected chi connectivity index (χ2v) is 7.54. The van der Waals surface area contributed by atoms with Crippen LogP contribution >= 0.6 is 0 Å². The fourth-order valence-corrected chi connectivity index (χ4v) is 3.79. The normalized spacial score (nSPS) is 15.8. The van der Waals surface area contributed by atoms with Crippen molar-refractivity contribution in [1.82, 2.24) is 9.38 Å². The Balaban J connectivity index is 1.53. The number of nitrogens with zero attached hydrogens (tertiary/aromatic N) is 3. The third-order valence-corrected chi connectivity index (χ3v) is 5.38. The van der Waals surface area contributed by atoms with Gasteiger partial charge in [0.15, 0.2) is 5.82 Å². The van der Waals surface area contributed by atoms with Gasteiger partial charge in [-0.25, -0.2) is 4.98 Å². The number of imidazole rings is 1. The number of fused-ring (bicyclic) bond motifs is 3. The summed E-state index contributed by atoms with van der Waals surface area (Å²) in [4.78, 5) is 23.0. The number of hydrogen-bond acceptors (Lipinski definition) is 5. The van der Waals surface area contributed by atoms with Crippen molar-refractivity contribution >= 4 is 23.1 Å². The van der Waals surface area contributed by atoms with E-state index in [1.807, 2.05) is 90.3 Å². The highest BCUT2D eigenvalue weighted by molar-refractivity contribution is 6.16. The Morgan fingerprint density at radius 3 is 2.61 bits per heavy atom. The maximum Gasteiger partial charge on any atom is 0.210 e. The number of pyridine rings is 1. The predicted octanol–water partition coefficient (Wildman–Crippen LogP) is 4.28. The van der Waals surface area contributed by atoms with Gasteiger partial charge in [-0.15, -0.1) is 0 Å². The van der Waals surface area contributed by atoms with Crippen molar-refractivity contribution in [1.29, 1.82) is 0 Å². The molecular weight excluding hydrogens is 388 g/mol. The van der Waals surface area contributed by atoms with Crippen molar-refractivity contribution in [3.8, 4) is 0 Å². The zero-order valence-electron chi connectivity index (χ0n) is 17.2. The number of carbonyl (C=O) groups is 1. The van der Waals surface area contributed by atoms with Crippen molar-refractivity contribution in [2.24, 2.45) is 4.99 Å². The Morgan fingerprint density at radius 1 is 1.00 bits per heavy atom. The third-order valence-electron chi connectivity index (χ3n) is 5.38. The highest BCUT2D eigenvalue weighted by atomic mass is 16.5. The Morgan fingerprint density at radius 2 is 1.77 bits per heavy atom. The lowest BCUT2D eigenvalue weighted by atomic mass is 10.1. The van der Waals surface area contributed by atoms with Crippen LogP contribution in [0.1, 0.15) is 27.2 Å². The van der Waals surface area contributed by atoms with Crippen LogP contribution in [0.25, 0.3) is 5.65 Å². The number of anilines is 1. The number of ketones is 1. The average Bonchev–Trinajstić information content (AvgIpc) is 3.10. The number of aromatic nitrogens is 2. The number of rotatable bonds is 5. The summed E-state index contributed by atoms with van der Waals surface area (Å²) in [5.74, 6) is 1.03. The molecule has 5 rings (SSSR count).